The van der Waals surface area contributed by atoms with E-state index in [0.29, 0.717) is 5.65 Å². The second-order valence-corrected chi connectivity index (χ2v) is 3.08. The van der Waals surface area contributed by atoms with Crippen molar-refractivity contribution in [1.82, 2.24) is 9.38 Å². The summed E-state index contributed by atoms with van der Waals surface area (Å²) >= 11 is 0. The molecule has 3 N–H and O–H groups in total. The highest BCUT2D eigenvalue weighted by Gasteiger charge is 2.14. The van der Waals surface area contributed by atoms with Gasteiger partial charge < -0.3 is 10.8 Å². The molecule has 2 aromatic rings. The molecule has 0 radical (unpaired) electrons. The van der Waals surface area contributed by atoms with Gasteiger partial charge in [-0.3, -0.25) is 4.40 Å². The van der Waals surface area contributed by atoms with Crippen LogP contribution in [0.2, 0.25) is 0 Å². The summed E-state index contributed by atoms with van der Waals surface area (Å²) in [7, 11) is 0. The summed E-state index contributed by atoms with van der Waals surface area (Å²) in [6.07, 6.45) is 1.71. The van der Waals surface area contributed by atoms with Crippen LogP contribution >= 0.6 is 0 Å². The molecular weight excluding hydrogens is 182 g/mol. The molecule has 0 saturated carbocycles. The van der Waals surface area contributed by atoms with Crippen LogP contribution in [0.4, 0.5) is 5.82 Å². The van der Waals surface area contributed by atoms with Gasteiger partial charge >= 0.3 is 5.97 Å². The van der Waals surface area contributed by atoms with E-state index in [1.807, 2.05) is 13.0 Å². The maximum atomic E-state index is 10.7. The molecule has 5 heteroatoms. The van der Waals surface area contributed by atoms with Gasteiger partial charge in [-0.05, 0) is 24.6 Å². The van der Waals surface area contributed by atoms with E-state index >= 15 is 0 Å². The van der Waals surface area contributed by atoms with E-state index in [9.17, 15) is 4.79 Å². The maximum Gasteiger partial charge on any atom is 0.358 e. The first-order valence-electron chi connectivity index (χ1n) is 4.07. The number of carbonyl (C=O) groups is 1. The van der Waals surface area contributed by atoms with Crippen molar-refractivity contribution in [2.24, 2.45) is 0 Å². The number of aromatic carboxylic acids is 1. The molecule has 0 aliphatic rings. The number of carboxylic acid groups (broad SMARTS) is 1. The van der Waals surface area contributed by atoms with Crippen LogP contribution in [-0.2, 0) is 0 Å². The number of nitrogens with two attached hydrogens (primary N) is 1. The largest absolute Gasteiger partial charge is 0.476 e. The predicted octanol–water partition coefficient (Wildman–Crippen LogP) is 0.923. The van der Waals surface area contributed by atoms with E-state index in [4.69, 9.17) is 10.8 Å². The smallest absolute Gasteiger partial charge is 0.358 e. The van der Waals surface area contributed by atoms with Crippen molar-refractivity contribution in [2.45, 2.75) is 6.92 Å². The minimum absolute atomic E-state index is 0.101. The molecule has 72 valence electrons. The molecule has 0 atom stereocenters. The molecular formula is C9H9N3O2. The van der Waals surface area contributed by atoms with Gasteiger partial charge in [0, 0.05) is 6.20 Å². The number of carboxylic acids is 1. The Morgan fingerprint density at radius 3 is 3.00 bits per heavy atom. The summed E-state index contributed by atoms with van der Waals surface area (Å²) in [6, 6.07) is 3.62. The number of anilines is 1. The van der Waals surface area contributed by atoms with Crippen molar-refractivity contribution in [3.8, 4) is 0 Å². The Morgan fingerprint density at radius 2 is 2.36 bits per heavy atom. The van der Waals surface area contributed by atoms with Gasteiger partial charge in [0.2, 0.25) is 0 Å². The first-order valence-corrected chi connectivity index (χ1v) is 4.07. The predicted molar refractivity (Wildman–Crippen MR) is 51.3 cm³/mol. The van der Waals surface area contributed by atoms with E-state index in [0.717, 1.165) is 5.56 Å². The lowest BCUT2D eigenvalue weighted by molar-refractivity contribution is 0.0692. The fourth-order valence-electron chi connectivity index (χ4n) is 1.32. The van der Waals surface area contributed by atoms with Crippen molar-refractivity contribution < 1.29 is 9.90 Å². The Hall–Kier alpha value is -2.04. The van der Waals surface area contributed by atoms with Crippen LogP contribution in [0.5, 0.6) is 0 Å². The van der Waals surface area contributed by atoms with Gasteiger partial charge in [0.05, 0.1) is 0 Å². The molecule has 0 spiro atoms. The summed E-state index contributed by atoms with van der Waals surface area (Å²) in [4.78, 5) is 14.6. The number of nitrogen functional groups attached to an aromatic ring is 1. The monoisotopic (exact) mass is 191 g/mol. The zero-order chi connectivity index (χ0) is 10.3. The number of imidazole rings is 1. The third-order valence-electron chi connectivity index (χ3n) is 2.02. The van der Waals surface area contributed by atoms with Crippen LogP contribution in [0, 0.1) is 6.92 Å². The lowest BCUT2D eigenvalue weighted by Gasteiger charge is -1.96. The van der Waals surface area contributed by atoms with E-state index in [2.05, 4.69) is 4.98 Å². The highest BCUT2D eigenvalue weighted by molar-refractivity contribution is 5.92. The summed E-state index contributed by atoms with van der Waals surface area (Å²) in [6.45, 7) is 1.91. The minimum atomic E-state index is -1.11. The Bertz CT molecular complexity index is 516. The van der Waals surface area contributed by atoms with Crippen LogP contribution in [0.15, 0.2) is 18.3 Å². The molecule has 0 aliphatic carbocycles. The molecule has 0 fully saturated rings. The molecule has 0 aromatic carbocycles. The number of nitrogens with zero attached hydrogens (tertiary/aromatic N) is 2. The van der Waals surface area contributed by atoms with Crippen molar-refractivity contribution in [1.29, 1.82) is 0 Å². The van der Waals surface area contributed by atoms with Crippen molar-refractivity contribution in [3.63, 3.8) is 0 Å². The van der Waals surface area contributed by atoms with Crippen LogP contribution in [-0.4, -0.2) is 20.5 Å². The fourth-order valence-corrected chi connectivity index (χ4v) is 1.32. The zero-order valence-corrected chi connectivity index (χ0v) is 7.56. The fraction of sp³-hybridized carbons (Fsp3) is 0.111. The molecule has 0 amide bonds. The Balaban J connectivity index is 2.79. The van der Waals surface area contributed by atoms with Gasteiger partial charge in [0.15, 0.2) is 5.69 Å². The third kappa shape index (κ3) is 1.10. The van der Waals surface area contributed by atoms with Crippen LogP contribution in [0.3, 0.4) is 0 Å². The Labute approximate surface area is 79.8 Å². The van der Waals surface area contributed by atoms with Gasteiger partial charge in [-0.15, -0.1) is 0 Å². The number of aromatic nitrogens is 2. The normalized spacial score (nSPS) is 10.6. The first-order chi connectivity index (χ1) is 6.59. The third-order valence-corrected chi connectivity index (χ3v) is 2.02. The standard InChI is InChI=1S/C9H9N3O2/c1-5-2-3-12-6(4-5)11-7(8(12)10)9(13)14/h2-4H,10H2,1H3,(H,13,14). The SMILES string of the molecule is Cc1ccn2c(N)c(C(=O)O)nc2c1. The Morgan fingerprint density at radius 1 is 1.64 bits per heavy atom. The number of hydrogen-bond donors (Lipinski definition) is 2. The number of rotatable bonds is 1. The van der Waals surface area contributed by atoms with E-state index in [1.165, 1.54) is 0 Å². The van der Waals surface area contributed by atoms with E-state index in [1.54, 1.807) is 16.7 Å². The molecule has 0 aliphatic heterocycles. The number of hydrogen-bond acceptors (Lipinski definition) is 3. The average Bonchev–Trinajstić information content (AvgIpc) is 2.43. The maximum absolute atomic E-state index is 10.7. The van der Waals surface area contributed by atoms with Gasteiger partial charge in [-0.2, -0.15) is 0 Å². The molecule has 0 unspecified atom stereocenters. The number of aryl methyl sites for hydroxylation is 1. The van der Waals surface area contributed by atoms with Crippen molar-refractivity contribution >= 4 is 17.4 Å². The molecule has 5 nitrogen and oxygen atoms in total. The minimum Gasteiger partial charge on any atom is -0.476 e. The van der Waals surface area contributed by atoms with Crippen LogP contribution < -0.4 is 5.73 Å². The lowest BCUT2D eigenvalue weighted by Crippen LogP contribution is -2.02. The number of pyridine rings is 1. The average molecular weight is 191 g/mol. The molecule has 0 saturated heterocycles. The topological polar surface area (TPSA) is 80.6 Å². The molecule has 14 heavy (non-hydrogen) atoms. The molecule has 2 aromatic heterocycles. The van der Waals surface area contributed by atoms with Crippen LogP contribution in [0.1, 0.15) is 16.1 Å². The summed E-state index contributed by atoms with van der Waals surface area (Å²) < 4.78 is 1.55. The first kappa shape index (κ1) is 8.55. The van der Waals surface area contributed by atoms with Gasteiger partial charge in [-0.1, -0.05) is 0 Å². The molecule has 2 rings (SSSR count). The lowest BCUT2D eigenvalue weighted by atomic mass is 10.3. The summed E-state index contributed by atoms with van der Waals surface area (Å²) in [5.74, 6) is -0.948. The van der Waals surface area contributed by atoms with Gasteiger partial charge in [-0.25, -0.2) is 9.78 Å². The second kappa shape index (κ2) is 2.73. The molecule has 2 heterocycles. The van der Waals surface area contributed by atoms with Crippen LogP contribution in [0.25, 0.3) is 5.65 Å². The Kier molecular flexibility index (Phi) is 1.67. The zero-order valence-electron chi connectivity index (χ0n) is 7.56. The van der Waals surface area contributed by atoms with E-state index < -0.39 is 5.97 Å². The highest BCUT2D eigenvalue weighted by atomic mass is 16.4. The van der Waals surface area contributed by atoms with Crippen molar-refractivity contribution in [3.05, 3.63) is 29.6 Å². The highest BCUT2D eigenvalue weighted by Crippen LogP contribution is 2.15. The van der Waals surface area contributed by atoms with E-state index in [-0.39, 0.29) is 11.5 Å². The second-order valence-electron chi connectivity index (χ2n) is 3.08. The van der Waals surface area contributed by atoms with Crippen molar-refractivity contribution in [2.75, 3.05) is 5.73 Å². The summed E-state index contributed by atoms with van der Waals surface area (Å²) in [5, 5.41) is 8.78. The quantitative estimate of drug-likeness (QED) is 0.702. The van der Waals surface area contributed by atoms with Gasteiger partial charge in [0.25, 0.3) is 0 Å². The number of fused-ring (bicyclic) bond motifs is 1. The summed E-state index contributed by atoms with van der Waals surface area (Å²) in [5.41, 5.74) is 7.08. The molecule has 0 bridgehead atoms. The van der Waals surface area contributed by atoms with Gasteiger partial charge in [0.1, 0.15) is 11.5 Å².